The fourth-order valence-corrected chi connectivity index (χ4v) is 9.24. The zero-order valence-corrected chi connectivity index (χ0v) is 35.1. The molecule has 0 saturated carbocycles. The number of nitrogens with zero attached hydrogens (tertiary/aromatic N) is 4. The molecule has 3 heterocycles. The molecule has 0 fully saturated rings. The molecule has 0 spiro atoms. The number of hydrogen-bond donors (Lipinski definition) is 0. The number of hydrogen-bond acceptors (Lipinski definition) is 3. The minimum atomic E-state index is -0.347. The normalized spacial score (nSPS) is 12.8. The third kappa shape index (κ3) is 6.69. The van der Waals surface area contributed by atoms with Gasteiger partial charge in [0.1, 0.15) is 11.5 Å². The highest BCUT2D eigenvalue weighted by atomic mass is 16.5. The molecule has 1 aliphatic heterocycles. The zero-order chi connectivity index (χ0) is 41.7. The number of imidazole rings is 1. The van der Waals surface area contributed by atoms with E-state index >= 15 is 0 Å². The number of pyridine rings is 1. The maximum atomic E-state index is 7.01. The second-order valence-corrected chi connectivity index (χ2v) is 16.4. The first-order valence-electron chi connectivity index (χ1n) is 20.9. The van der Waals surface area contributed by atoms with Crippen LogP contribution in [-0.2, 0) is 5.41 Å². The standard InChI is InChI=1S/C56H46N4O/c1-38-32-39(2)52(40(3)33-38)59-37-58(53(41-20-9-6-10-21-41)54(59)42-22-11-7-12-23-42)44-26-19-27-45(34-44)61-46-35-47(50-29-17-18-31-57-50)55-49(36-46)56(4,5)48-28-15-16-30-51(48)60(55)43-24-13-8-14-25-43/h6-36H,1-5H3. The van der Waals surface area contributed by atoms with Gasteiger partial charge in [-0.05, 0) is 115 Å². The van der Waals surface area contributed by atoms with Gasteiger partial charge >= 0.3 is 0 Å². The summed E-state index contributed by atoms with van der Waals surface area (Å²) in [5.74, 6) is 1.46. The van der Waals surface area contributed by atoms with E-state index in [0.29, 0.717) is 0 Å². The number of aromatic nitrogens is 3. The Balaban J connectivity index is 1.16. The Labute approximate surface area is 358 Å². The summed E-state index contributed by atoms with van der Waals surface area (Å²) >= 11 is 0. The molecular formula is C56H46N4O. The van der Waals surface area contributed by atoms with Crippen LogP contribution in [-0.4, -0.2) is 9.55 Å². The van der Waals surface area contributed by atoms with E-state index in [4.69, 9.17) is 9.72 Å². The summed E-state index contributed by atoms with van der Waals surface area (Å²) in [7, 11) is 0. The summed E-state index contributed by atoms with van der Waals surface area (Å²) in [6.45, 7) is 11.2. The van der Waals surface area contributed by atoms with Crippen molar-refractivity contribution in [2.75, 3.05) is 4.90 Å². The molecule has 61 heavy (non-hydrogen) atoms. The lowest BCUT2D eigenvalue weighted by atomic mass is 9.72. The van der Waals surface area contributed by atoms with Crippen LogP contribution < -0.4 is 14.2 Å². The highest BCUT2D eigenvalue weighted by Crippen LogP contribution is 2.56. The Morgan fingerprint density at radius 2 is 1.21 bits per heavy atom. The summed E-state index contributed by atoms with van der Waals surface area (Å²) < 4.78 is 11.4. The second-order valence-electron chi connectivity index (χ2n) is 16.4. The van der Waals surface area contributed by atoms with Gasteiger partial charge in [0, 0.05) is 22.9 Å². The fourth-order valence-electron chi connectivity index (χ4n) is 9.24. The van der Waals surface area contributed by atoms with Crippen molar-refractivity contribution in [2.45, 2.75) is 40.0 Å². The average molecular weight is 791 g/mol. The Hall–Kier alpha value is -7.50. The lowest BCUT2D eigenvalue weighted by molar-refractivity contribution is -0.588. The summed E-state index contributed by atoms with van der Waals surface area (Å²) in [6, 6.07) is 63.9. The van der Waals surface area contributed by atoms with E-state index in [9.17, 15) is 0 Å². The molecule has 1 aliphatic rings. The topological polar surface area (TPSA) is 34.2 Å². The van der Waals surface area contributed by atoms with Gasteiger partial charge in [-0.1, -0.05) is 141 Å². The minimum Gasteiger partial charge on any atom is -0.458 e. The van der Waals surface area contributed by atoms with Crippen LogP contribution in [0, 0.1) is 27.1 Å². The van der Waals surface area contributed by atoms with Crippen molar-refractivity contribution in [1.82, 2.24) is 9.55 Å². The summed E-state index contributed by atoms with van der Waals surface area (Å²) in [6.07, 6.45) is 5.71. The van der Waals surface area contributed by atoms with Crippen LogP contribution in [0.4, 0.5) is 17.1 Å². The minimum absolute atomic E-state index is 0.347. The van der Waals surface area contributed by atoms with E-state index in [1.54, 1.807) is 0 Å². The molecule has 7 aromatic carbocycles. The molecule has 296 valence electrons. The first-order chi connectivity index (χ1) is 29.8. The SMILES string of the molecule is Cc1cc(C)c(-[n+]2[c-]n(-c3cccc(Oc4cc(-c5ccccn5)c5c(c4)C(C)(C)c4ccccc4N5c4ccccc4)c3)c(-c3ccccc3)c2-c2ccccc2)c(C)c1. The van der Waals surface area contributed by atoms with E-state index in [1.165, 1.54) is 22.3 Å². The Bertz CT molecular complexity index is 3020. The fraction of sp³-hybridized carbons (Fsp3) is 0.107. The molecule has 0 atom stereocenters. The molecule has 0 N–H and O–H groups in total. The maximum absolute atomic E-state index is 7.01. The van der Waals surface area contributed by atoms with Crippen molar-refractivity contribution in [2.24, 2.45) is 0 Å². The van der Waals surface area contributed by atoms with E-state index in [-0.39, 0.29) is 5.41 Å². The molecule has 2 aromatic heterocycles. The van der Waals surface area contributed by atoms with Crippen LogP contribution in [0.1, 0.15) is 41.7 Å². The largest absolute Gasteiger partial charge is 0.458 e. The quantitative estimate of drug-likeness (QED) is 0.114. The third-order valence-corrected chi connectivity index (χ3v) is 11.9. The molecule has 5 nitrogen and oxygen atoms in total. The van der Waals surface area contributed by atoms with Gasteiger partial charge in [-0.15, -0.1) is 0 Å². The van der Waals surface area contributed by atoms with Gasteiger partial charge in [-0.3, -0.25) is 14.1 Å². The Kier molecular flexibility index (Phi) is 9.45. The zero-order valence-electron chi connectivity index (χ0n) is 35.1. The number of rotatable bonds is 8. The average Bonchev–Trinajstić information content (AvgIpc) is 3.68. The van der Waals surface area contributed by atoms with Crippen molar-refractivity contribution in [1.29, 1.82) is 0 Å². The molecule has 0 unspecified atom stereocenters. The first-order valence-corrected chi connectivity index (χ1v) is 20.9. The van der Waals surface area contributed by atoms with Gasteiger partial charge < -0.3 is 9.64 Å². The molecule has 0 radical (unpaired) electrons. The summed E-state index contributed by atoms with van der Waals surface area (Å²) in [5.41, 5.74) is 17.3. The molecule has 0 amide bonds. The van der Waals surface area contributed by atoms with E-state index < -0.39 is 0 Å². The molecular weight excluding hydrogens is 745 g/mol. The van der Waals surface area contributed by atoms with Crippen LogP contribution in [0.3, 0.4) is 0 Å². The van der Waals surface area contributed by atoms with Crippen molar-refractivity contribution in [3.63, 3.8) is 0 Å². The summed E-state index contributed by atoms with van der Waals surface area (Å²) in [5, 5.41) is 0. The molecule has 5 heteroatoms. The highest BCUT2D eigenvalue weighted by molar-refractivity contribution is 5.94. The highest BCUT2D eigenvalue weighted by Gasteiger charge is 2.39. The second kappa shape index (κ2) is 15.3. The van der Waals surface area contributed by atoms with Crippen LogP contribution in [0.15, 0.2) is 188 Å². The van der Waals surface area contributed by atoms with Crippen LogP contribution >= 0.6 is 0 Å². The maximum Gasteiger partial charge on any atom is 0.269 e. The van der Waals surface area contributed by atoms with Gasteiger partial charge in [0.15, 0.2) is 0 Å². The van der Waals surface area contributed by atoms with E-state index in [2.05, 4.69) is 219 Å². The van der Waals surface area contributed by atoms with Crippen molar-refractivity contribution in [3.05, 3.63) is 222 Å². The lowest BCUT2D eigenvalue weighted by Crippen LogP contribution is -2.34. The van der Waals surface area contributed by atoms with Gasteiger partial charge in [-0.25, -0.2) is 0 Å². The smallest absolute Gasteiger partial charge is 0.269 e. The number of ether oxygens (including phenoxy) is 1. The first kappa shape index (κ1) is 37.7. The van der Waals surface area contributed by atoms with E-state index in [0.717, 1.165) is 79.3 Å². The van der Waals surface area contributed by atoms with Crippen molar-refractivity contribution < 1.29 is 9.30 Å². The van der Waals surface area contributed by atoms with Crippen LogP contribution in [0.5, 0.6) is 11.5 Å². The number of para-hydroxylation sites is 2. The van der Waals surface area contributed by atoms with Crippen molar-refractivity contribution >= 4 is 17.1 Å². The monoisotopic (exact) mass is 790 g/mol. The third-order valence-electron chi connectivity index (χ3n) is 11.9. The Morgan fingerprint density at radius 3 is 1.92 bits per heavy atom. The number of benzene rings is 7. The lowest BCUT2D eigenvalue weighted by Gasteiger charge is -2.43. The predicted octanol–water partition coefficient (Wildman–Crippen LogP) is 13.8. The van der Waals surface area contributed by atoms with Crippen molar-refractivity contribution in [3.8, 4) is 56.6 Å². The number of aryl methyl sites for hydroxylation is 3. The molecule has 0 aliphatic carbocycles. The van der Waals surface area contributed by atoms with Gasteiger partial charge in [0.2, 0.25) is 0 Å². The van der Waals surface area contributed by atoms with Gasteiger partial charge in [-0.2, -0.15) is 0 Å². The van der Waals surface area contributed by atoms with Crippen LogP contribution in [0.2, 0.25) is 0 Å². The molecule has 10 rings (SSSR count). The van der Waals surface area contributed by atoms with Crippen LogP contribution in [0.25, 0.3) is 45.1 Å². The van der Waals surface area contributed by atoms with E-state index in [1.807, 2.05) is 24.4 Å². The van der Waals surface area contributed by atoms with Gasteiger partial charge in [0.05, 0.1) is 39.8 Å². The number of fused-ring (bicyclic) bond motifs is 2. The summed E-state index contributed by atoms with van der Waals surface area (Å²) in [4.78, 5) is 7.30. The molecule has 0 bridgehead atoms. The number of anilines is 3. The Morgan fingerprint density at radius 1 is 0.574 bits per heavy atom. The molecule has 0 saturated heterocycles. The molecule has 9 aromatic rings. The van der Waals surface area contributed by atoms with Gasteiger partial charge in [0.25, 0.3) is 6.33 Å². The predicted molar refractivity (Wildman–Crippen MR) is 248 cm³/mol.